The van der Waals surface area contributed by atoms with Gasteiger partial charge in [0.05, 0.1) is 6.42 Å². The van der Waals surface area contributed by atoms with Crippen molar-refractivity contribution in [2.24, 2.45) is 11.7 Å². The van der Waals surface area contributed by atoms with E-state index in [1.54, 1.807) is 38.1 Å². The van der Waals surface area contributed by atoms with Gasteiger partial charge in [0.25, 0.3) is 0 Å². The van der Waals surface area contributed by atoms with Gasteiger partial charge in [-0.3, -0.25) is 9.59 Å². The first-order valence-electron chi connectivity index (χ1n) is 9.17. The van der Waals surface area contributed by atoms with Gasteiger partial charge in [-0.05, 0) is 30.4 Å². The van der Waals surface area contributed by atoms with Gasteiger partial charge in [0.2, 0.25) is 11.8 Å². The molecule has 152 valence electrons. The van der Waals surface area contributed by atoms with Crippen LogP contribution in [0.15, 0.2) is 24.3 Å². The van der Waals surface area contributed by atoms with Crippen LogP contribution in [0.3, 0.4) is 0 Å². The van der Waals surface area contributed by atoms with Gasteiger partial charge in [0.15, 0.2) is 0 Å². The summed E-state index contributed by atoms with van der Waals surface area (Å²) < 4.78 is 0. The molecule has 1 saturated heterocycles. The Kier molecular flexibility index (Phi) is 6.97. The molecule has 0 radical (unpaired) electrons. The molecule has 1 heterocycles. The van der Waals surface area contributed by atoms with E-state index in [0.717, 1.165) is 0 Å². The van der Waals surface area contributed by atoms with Crippen LogP contribution in [0.25, 0.3) is 0 Å². The molecule has 1 aromatic carbocycles. The summed E-state index contributed by atoms with van der Waals surface area (Å²) in [5.74, 6) is -2.05. The minimum Gasteiger partial charge on any atom is -0.480 e. The highest BCUT2D eigenvalue weighted by molar-refractivity contribution is 5.93. The number of urea groups is 1. The molecule has 0 saturated carbocycles. The first kappa shape index (κ1) is 21.2. The number of aliphatic carboxylic acids is 1. The summed E-state index contributed by atoms with van der Waals surface area (Å²) in [5, 5.41) is 14.5. The second-order valence-corrected chi connectivity index (χ2v) is 7.14. The number of rotatable bonds is 7. The van der Waals surface area contributed by atoms with E-state index >= 15 is 0 Å². The molecule has 4 amide bonds. The van der Waals surface area contributed by atoms with Crippen molar-refractivity contribution in [2.75, 3.05) is 11.9 Å². The normalized spacial score (nSPS) is 17.2. The molecule has 2 atom stereocenters. The van der Waals surface area contributed by atoms with Crippen LogP contribution >= 0.6 is 0 Å². The van der Waals surface area contributed by atoms with Gasteiger partial charge in [0.1, 0.15) is 12.1 Å². The van der Waals surface area contributed by atoms with Crippen LogP contribution in [0.5, 0.6) is 0 Å². The summed E-state index contributed by atoms with van der Waals surface area (Å²) in [6.45, 7) is 3.94. The summed E-state index contributed by atoms with van der Waals surface area (Å²) >= 11 is 0. The van der Waals surface area contributed by atoms with E-state index in [9.17, 15) is 24.3 Å². The fraction of sp³-hybridized carbons (Fsp3) is 0.474. The molecule has 0 aromatic heterocycles. The zero-order chi connectivity index (χ0) is 20.8. The average molecular weight is 390 g/mol. The van der Waals surface area contributed by atoms with E-state index in [2.05, 4.69) is 10.6 Å². The largest absolute Gasteiger partial charge is 0.480 e. The van der Waals surface area contributed by atoms with Crippen LogP contribution in [0.4, 0.5) is 10.5 Å². The van der Waals surface area contributed by atoms with Crippen LogP contribution in [-0.4, -0.2) is 52.4 Å². The Morgan fingerprint density at radius 1 is 1.25 bits per heavy atom. The number of hydrogen-bond acceptors (Lipinski definition) is 4. The molecule has 28 heavy (non-hydrogen) atoms. The fourth-order valence-corrected chi connectivity index (χ4v) is 3.31. The Labute approximate surface area is 163 Å². The van der Waals surface area contributed by atoms with Crippen molar-refractivity contribution < 1.29 is 24.3 Å². The number of carbonyl (C=O) groups excluding carboxylic acids is 3. The number of benzene rings is 1. The molecule has 9 heteroatoms. The van der Waals surface area contributed by atoms with Gasteiger partial charge in [-0.1, -0.05) is 32.0 Å². The minimum absolute atomic E-state index is 0.0602. The molecule has 0 bridgehead atoms. The predicted octanol–water partition coefficient (Wildman–Crippen LogP) is 0.936. The van der Waals surface area contributed by atoms with Gasteiger partial charge in [-0.25, -0.2) is 9.59 Å². The summed E-state index contributed by atoms with van der Waals surface area (Å²) in [5.41, 5.74) is 6.12. The zero-order valence-electron chi connectivity index (χ0n) is 16.0. The topological polar surface area (TPSA) is 142 Å². The van der Waals surface area contributed by atoms with Gasteiger partial charge in [-0.2, -0.15) is 0 Å². The quantitative estimate of drug-likeness (QED) is 0.548. The van der Waals surface area contributed by atoms with Crippen LogP contribution < -0.4 is 16.4 Å². The van der Waals surface area contributed by atoms with Crippen molar-refractivity contribution in [3.63, 3.8) is 0 Å². The third kappa shape index (κ3) is 5.21. The monoisotopic (exact) mass is 390 g/mol. The predicted molar refractivity (Wildman–Crippen MR) is 102 cm³/mol. The van der Waals surface area contributed by atoms with E-state index < -0.39 is 35.9 Å². The first-order chi connectivity index (χ1) is 13.2. The Morgan fingerprint density at radius 3 is 2.54 bits per heavy atom. The second kappa shape index (κ2) is 9.20. The number of nitrogens with one attached hydrogen (secondary N) is 2. The molecule has 1 aromatic rings. The number of carboxylic acids is 1. The number of anilines is 1. The number of primary amides is 1. The summed E-state index contributed by atoms with van der Waals surface area (Å²) in [6.07, 6.45) is 0.967. The number of hydrogen-bond donors (Lipinski definition) is 4. The lowest BCUT2D eigenvalue weighted by molar-refractivity contribution is -0.149. The van der Waals surface area contributed by atoms with Crippen molar-refractivity contribution in [1.82, 2.24) is 10.2 Å². The summed E-state index contributed by atoms with van der Waals surface area (Å²) in [6, 6.07) is 4.30. The van der Waals surface area contributed by atoms with Crippen LogP contribution in [-0.2, 0) is 20.8 Å². The van der Waals surface area contributed by atoms with Gasteiger partial charge < -0.3 is 26.4 Å². The highest BCUT2D eigenvalue weighted by Crippen LogP contribution is 2.21. The molecule has 1 aliphatic heterocycles. The molecule has 9 nitrogen and oxygen atoms in total. The van der Waals surface area contributed by atoms with Crippen LogP contribution in [0.2, 0.25) is 0 Å². The number of carbonyl (C=O) groups is 4. The summed E-state index contributed by atoms with van der Waals surface area (Å²) in [4.78, 5) is 49.2. The molecular weight excluding hydrogens is 364 g/mol. The number of likely N-dealkylation sites (tertiary alicyclic amines) is 1. The third-order valence-corrected chi connectivity index (χ3v) is 4.70. The molecule has 0 aliphatic carbocycles. The van der Waals surface area contributed by atoms with Crippen molar-refractivity contribution in [3.8, 4) is 0 Å². The number of nitrogens with zero attached hydrogens (tertiary/aromatic N) is 1. The second-order valence-electron chi connectivity index (χ2n) is 7.14. The van der Waals surface area contributed by atoms with Crippen molar-refractivity contribution in [3.05, 3.63) is 29.8 Å². The van der Waals surface area contributed by atoms with Crippen molar-refractivity contribution in [1.29, 1.82) is 0 Å². The molecule has 0 unspecified atom stereocenters. The van der Waals surface area contributed by atoms with Gasteiger partial charge in [0, 0.05) is 12.2 Å². The maximum absolute atomic E-state index is 12.9. The molecule has 2 rings (SSSR count). The molecular formula is C19H26N4O5. The van der Waals surface area contributed by atoms with E-state index in [1.165, 1.54) is 4.90 Å². The van der Waals surface area contributed by atoms with E-state index in [0.29, 0.717) is 30.6 Å². The first-order valence-corrected chi connectivity index (χ1v) is 9.17. The third-order valence-electron chi connectivity index (χ3n) is 4.70. The standard InChI is InChI=1S/C19H26N4O5/c1-11(2)16(17(25)23-9-5-8-14(23)18(26)27)22-15(24)10-12-6-3-4-7-13(12)21-19(20)28/h3-4,6-7,11,14,16H,5,8-10H2,1-2H3,(H,22,24)(H,26,27)(H3,20,21,28)/t14-,16-/m0/s1. The molecule has 5 N–H and O–H groups in total. The summed E-state index contributed by atoms with van der Waals surface area (Å²) in [7, 11) is 0. The van der Waals surface area contributed by atoms with E-state index in [1.807, 2.05) is 0 Å². The molecule has 1 aliphatic rings. The molecule has 0 spiro atoms. The van der Waals surface area contributed by atoms with E-state index in [4.69, 9.17) is 5.73 Å². The highest BCUT2D eigenvalue weighted by atomic mass is 16.4. The van der Waals surface area contributed by atoms with Gasteiger partial charge >= 0.3 is 12.0 Å². The maximum Gasteiger partial charge on any atom is 0.326 e. The Bertz CT molecular complexity index is 764. The Balaban J connectivity index is 2.10. The maximum atomic E-state index is 12.9. The minimum atomic E-state index is -1.04. The van der Waals surface area contributed by atoms with Crippen LogP contribution in [0, 0.1) is 5.92 Å². The fourth-order valence-electron chi connectivity index (χ4n) is 3.31. The lowest BCUT2D eigenvalue weighted by Crippen LogP contribution is -2.54. The average Bonchev–Trinajstić information content (AvgIpc) is 3.10. The molecule has 1 fully saturated rings. The van der Waals surface area contributed by atoms with Gasteiger partial charge in [-0.15, -0.1) is 0 Å². The lowest BCUT2D eigenvalue weighted by Gasteiger charge is -2.29. The highest BCUT2D eigenvalue weighted by Gasteiger charge is 2.38. The van der Waals surface area contributed by atoms with Crippen molar-refractivity contribution >= 4 is 29.5 Å². The number of amides is 4. The smallest absolute Gasteiger partial charge is 0.326 e. The van der Waals surface area contributed by atoms with Crippen molar-refractivity contribution in [2.45, 2.75) is 45.2 Å². The van der Waals surface area contributed by atoms with Crippen LogP contribution in [0.1, 0.15) is 32.3 Å². The number of nitrogens with two attached hydrogens (primary N) is 1. The number of carboxylic acid groups (broad SMARTS) is 1. The zero-order valence-corrected chi connectivity index (χ0v) is 16.0. The Hall–Kier alpha value is -3.10. The lowest BCUT2D eigenvalue weighted by atomic mass is 10.0. The number of para-hydroxylation sites is 1. The van der Waals surface area contributed by atoms with E-state index in [-0.39, 0.29) is 12.3 Å². The Morgan fingerprint density at radius 2 is 1.93 bits per heavy atom. The SMILES string of the molecule is CC(C)[C@H](NC(=O)Cc1ccccc1NC(N)=O)C(=O)N1CCC[C@H]1C(=O)O.